The highest BCUT2D eigenvalue weighted by Crippen LogP contribution is 2.35. The van der Waals surface area contributed by atoms with Crippen LogP contribution in [0.15, 0.2) is 41.5 Å². The number of aromatic nitrogens is 5. The fourth-order valence-electron chi connectivity index (χ4n) is 5.18. The van der Waals surface area contributed by atoms with E-state index < -0.39 is 24.0 Å². The summed E-state index contributed by atoms with van der Waals surface area (Å²) in [5, 5.41) is 21.2. The van der Waals surface area contributed by atoms with Crippen molar-refractivity contribution >= 4 is 29.0 Å². The predicted molar refractivity (Wildman–Crippen MR) is 158 cm³/mol. The number of aliphatic hydroxyl groups excluding tert-OH is 1. The van der Waals surface area contributed by atoms with Crippen molar-refractivity contribution in [3.05, 3.63) is 63.4 Å². The van der Waals surface area contributed by atoms with Crippen LogP contribution in [-0.2, 0) is 9.53 Å². The Hall–Kier alpha value is -4.07. The van der Waals surface area contributed by atoms with E-state index in [2.05, 4.69) is 34.6 Å². The van der Waals surface area contributed by atoms with Crippen LogP contribution in [0.1, 0.15) is 45.2 Å². The lowest BCUT2D eigenvalue weighted by molar-refractivity contribution is -0.121. The van der Waals surface area contributed by atoms with Gasteiger partial charge in [-0.05, 0) is 24.6 Å². The highest BCUT2D eigenvalue weighted by molar-refractivity contribution is 6.33. The minimum atomic E-state index is -1.08. The first-order chi connectivity index (χ1) is 20.6. The topological polar surface area (TPSA) is 145 Å². The summed E-state index contributed by atoms with van der Waals surface area (Å²) < 4.78 is 28.7. The number of methoxy groups -OCH3 is 1. The van der Waals surface area contributed by atoms with E-state index in [4.69, 9.17) is 26.1 Å². The van der Waals surface area contributed by atoms with Gasteiger partial charge < -0.3 is 25.2 Å². The highest BCUT2D eigenvalue weighted by atomic mass is 35.5. The van der Waals surface area contributed by atoms with Crippen LogP contribution < -0.4 is 20.9 Å². The molecule has 3 N–H and O–H groups in total. The van der Waals surface area contributed by atoms with E-state index in [1.807, 2.05) is 0 Å². The van der Waals surface area contributed by atoms with Crippen molar-refractivity contribution in [1.29, 1.82) is 0 Å². The van der Waals surface area contributed by atoms with Crippen LogP contribution in [-0.4, -0.2) is 68.1 Å². The SMILES string of the molecule is CCC(=O)N[C@H](CO)c1cc(F)cc(OC)c1-n1c(-c2ccnc(N[C@@H]3CCOCC3(C)C)n2)nn2ccc(Cl)c2c1=O. The highest BCUT2D eigenvalue weighted by Gasteiger charge is 2.34. The van der Waals surface area contributed by atoms with Crippen LogP contribution in [0.3, 0.4) is 0 Å². The first-order valence-electron chi connectivity index (χ1n) is 13.8. The van der Waals surface area contributed by atoms with E-state index in [0.717, 1.165) is 18.6 Å². The number of benzene rings is 1. The molecule has 2 atom stereocenters. The second-order valence-electron chi connectivity index (χ2n) is 10.9. The Morgan fingerprint density at radius 3 is 2.84 bits per heavy atom. The lowest BCUT2D eigenvalue weighted by Crippen LogP contribution is -2.44. The zero-order chi connectivity index (χ0) is 30.9. The summed E-state index contributed by atoms with van der Waals surface area (Å²) in [4.78, 5) is 35.7. The number of ether oxygens (including phenoxy) is 2. The number of nitrogens with zero attached hydrogens (tertiary/aromatic N) is 5. The maximum atomic E-state index is 14.9. The van der Waals surface area contributed by atoms with Gasteiger partial charge in [0.1, 0.15) is 22.8 Å². The average molecular weight is 614 g/mol. The molecule has 12 nitrogen and oxygen atoms in total. The molecule has 0 bridgehead atoms. The van der Waals surface area contributed by atoms with Crippen LogP contribution in [0.5, 0.6) is 5.75 Å². The molecule has 14 heteroatoms. The third-order valence-electron chi connectivity index (χ3n) is 7.52. The first-order valence-corrected chi connectivity index (χ1v) is 14.2. The molecule has 1 saturated heterocycles. The fourth-order valence-corrected chi connectivity index (χ4v) is 5.41. The molecule has 1 aliphatic rings. The molecule has 1 aliphatic heterocycles. The zero-order valence-corrected chi connectivity index (χ0v) is 25.0. The normalized spacial score (nSPS) is 17.0. The minimum Gasteiger partial charge on any atom is -0.494 e. The molecule has 4 heterocycles. The maximum absolute atomic E-state index is 14.9. The van der Waals surface area contributed by atoms with Crippen molar-refractivity contribution in [1.82, 2.24) is 29.5 Å². The number of rotatable bonds is 9. The standard InChI is InChI=1S/C29H33ClFN7O5/c1-5-23(40)33-20(14-39)17-12-16(31)13-21(42-4)24(17)38-26(36-37-10-7-18(30)25(37)27(38)41)19-6-9-32-28(34-19)35-22-8-11-43-15-29(22,2)3/h6-7,9-10,12-13,20,22,39H,5,8,11,14-15H2,1-4H3,(H,33,40)(H,32,34,35)/t20-,22-/m1/s1. The average Bonchev–Trinajstić information content (AvgIpc) is 3.37. The Morgan fingerprint density at radius 1 is 1.35 bits per heavy atom. The van der Waals surface area contributed by atoms with Gasteiger partial charge in [-0.1, -0.05) is 32.4 Å². The Kier molecular flexibility index (Phi) is 8.67. The molecule has 1 aromatic carbocycles. The number of halogens is 2. The predicted octanol–water partition coefficient (Wildman–Crippen LogP) is 3.53. The van der Waals surface area contributed by atoms with Gasteiger partial charge in [-0.15, -0.1) is 5.10 Å². The van der Waals surface area contributed by atoms with Crippen LogP contribution >= 0.6 is 11.6 Å². The second kappa shape index (κ2) is 12.3. The lowest BCUT2D eigenvalue weighted by atomic mass is 9.82. The third-order valence-corrected chi connectivity index (χ3v) is 7.83. The molecule has 0 aliphatic carbocycles. The molecule has 5 rings (SSSR count). The molecule has 0 spiro atoms. The number of aliphatic hydroxyl groups is 1. The van der Waals surface area contributed by atoms with E-state index in [1.165, 1.54) is 22.3 Å². The summed E-state index contributed by atoms with van der Waals surface area (Å²) >= 11 is 6.40. The van der Waals surface area contributed by atoms with Gasteiger partial charge in [-0.25, -0.2) is 18.9 Å². The zero-order valence-electron chi connectivity index (χ0n) is 24.2. The number of carbonyl (C=O) groups is 1. The van der Waals surface area contributed by atoms with E-state index in [9.17, 15) is 19.1 Å². The van der Waals surface area contributed by atoms with Crippen molar-refractivity contribution in [3.63, 3.8) is 0 Å². The molecular formula is C29H33ClFN7O5. The maximum Gasteiger partial charge on any atom is 0.284 e. The van der Waals surface area contributed by atoms with Crippen LogP contribution in [0.25, 0.3) is 22.7 Å². The molecule has 228 valence electrons. The van der Waals surface area contributed by atoms with Gasteiger partial charge in [0.05, 0.1) is 37.1 Å². The molecular weight excluding hydrogens is 581 g/mol. The van der Waals surface area contributed by atoms with Crippen molar-refractivity contribution in [3.8, 4) is 23.0 Å². The number of anilines is 1. The Morgan fingerprint density at radius 2 is 2.14 bits per heavy atom. The number of nitrogens with one attached hydrogen (secondary N) is 2. The van der Waals surface area contributed by atoms with Crippen LogP contribution in [0.4, 0.5) is 10.3 Å². The summed E-state index contributed by atoms with van der Waals surface area (Å²) in [6.07, 6.45) is 3.96. The third kappa shape index (κ3) is 5.92. The van der Waals surface area contributed by atoms with Crippen molar-refractivity contribution in [2.24, 2.45) is 5.41 Å². The monoisotopic (exact) mass is 613 g/mol. The molecule has 3 aromatic heterocycles. The molecule has 43 heavy (non-hydrogen) atoms. The Labute approximate surface area is 251 Å². The van der Waals surface area contributed by atoms with Crippen molar-refractivity contribution in [2.45, 2.75) is 45.7 Å². The molecule has 0 saturated carbocycles. The number of carbonyl (C=O) groups excluding carboxylic acids is 1. The van der Waals surface area contributed by atoms with Crippen LogP contribution in [0, 0.1) is 11.2 Å². The second-order valence-corrected chi connectivity index (χ2v) is 11.3. The van der Waals surface area contributed by atoms with E-state index in [1.54, 1.807) is 25.4 Å². The van der Waals surface area contributed by atoms with Gasteiger partial charge in [0, 0.05) is 48.5 Å². The van der Waals surface area contributed by atoms with E-state index in [-0.39, 0.29) is 62.8 Å². The molecule has 0 unspecified atom stereocenters. The minimum absolute atomic E-state index is 0.0219. The molecule has 0 radical (unpaired) electrons. The Bertz CT molecular complexity index is 1720. The smallest absolute Gasteiger partial charge is 0.284 e. The van der Waals surface area contributed by atoms with Gasteiger partial charge >= 0.3 is 0 Å². The van der Waals surface area contributed by atoms with Gasteiger partial charge in [0.15, 0.2) is 5.82 Å². The molecule has 4 aromatic rings. The van der Waals surface area contributed by atoms with Crippen LogP contribution in [0.2, 0.25) is 5.02 Å². The van der Waals surface area contributed by atoms with Gasteiger partial charge in [-0.3, -0.25) is 14.2 Å². The molecule has 1 amide bonds. The van der Waals surface area contributed by atoms with Gasteiger partial charge in [0.2, 0.25) is 11.9 Å². The fraction of sp³-hybridized carbons (Fsp3) is 0.414. The summed E-state index contributed by atoms with van der Waals surface area (Å²) in [7, 11) is 1.32. The van der Waals surface area contributed by atoms with E-state index >= 15 is 0 Å². The van der Waals surface area contributed by atoms with Gasteiger partial charge in [0.25, 0.3) is 5.56 Å². The van der Waals surface area contributed by atoms with E-state index in [0.29, 0.717) is 19.2 Å². The quantitative estimate of drug-likeness (QED) is 0.258. The summed E-state index contributed by atoms with van der Waals surface area (Å²) in [6.45, 7) is 6.42. The summed E-state index contributed by atoms with van der Waals surface area (Å²) in [5.74, 6) is -0.735. The molecule has 1 fully saturated rings. The largest absolute Gasteiger partial charge is 0.494 e. The van der Waals surface area contributed by atoms with Gasteiger partial charge in [-0.2, -0.15) is 0 Å². The van der Waals surface area contributed by atoms with Crippen molar-refractivity contribution in [2.75, 3.05) is 32.2 Å². The Balaban J connectivity index is 1.76. The number of hydrogen-bond acceptors (Lipinski definition) is 9. The summed E-state index contributed by atoms with van der Waals surface area (Å²) in [6, 6.07) is 4.30. The number of hydrogen-bond donors (Lipinski definition) is 3. The van der Waals surface area contributed by atoms with Crippen molar-refractivity contribution < 1.29 is 23.8 Å². The first kappa shape index (κ1) is 30.4. The summed E-state index contributed by atoms with van der Waals surface area (Å²) in [5.41, 5.74) is -0.320. The lowest BCUT2D eigenvalue weighted by Gasteiger charge is -2.38. The number of fused-ring (bicyclic) bond motifs is 1. The number of amides is 1.